The van der Waals surface area contributed by atoms with Crippen LogP contribution in [0.4, 0.5) is 0 Å². The van der Waals surface area contributed by atoms with Crippen molar-refractivity contribution in [2.75, 3.05) is 26.4 Å². The summed E-state index contributed by atoms with van der Waals surface area (Å²) in [4.78, 5) is 0. The summed E-state index contributed by atoms with van der Waals surface area (Å²) in [5, 5.41) is 3.87. The second-order valence-electron chi connectivity index (χ2n) is 6.70. The van der Waals surface area contributed by atoms with Crippen molar-refractivity contribution < 1.29 is 9.47 Å². The van der Waals surface area contributed by atoms with Crippen molar-refractivity contribution in [3.05, 3.63) is 11.6 Å². The highest BCUT2D eigenvalue weighted by atomic mass is 16.5. The van der Waals surface area contributed by atoms with Crippen molar-refractivity contribution in [2.45, 2.75) is 50.7 Å². The molecular formula is C16H25NO2. The molecule has 3 heteroatoms. The minimum Gasteiger partial charge on any atom is -0.377 e. The summed E-state index contributed by atoms with van der Waals surface area (Å²) in [6.07, 6.45) is 10.7. The van der Waals surface area contributed by atoms with Crippen LogP contribution in [0, 0.1) is 11.3 Å². The van der Waals surface area contributed by atoms with E-state index in [2.05, 4.69) is 11.4 Å². The maximum Gasteiger partial charge on any atom is 0.0690 e. The Morgan fingerprint density at radius 3 is 3.00 bits per heavy atom. The number of nitrogens with one attached hydrogen (secondary N) is 1. The van der Waals surface area contributed by atoms with Gasteiger partial charge in [-0.15, -0.1) is 0 Å². The first-order chi connectivity index (χ1) is 9.40. The van der Waals surface area contributed by atoms with Crippen LogP contribution in [-0.4, -0.2) is 38.5 Å². The molecular weight excluding hydrogens is 238 g/mol. The van der Waals surface area contributed by atoms with Crippen LogP contribution in [-0.2, 0) is 9.47 Å². The Balaban J connectivity index is 1.31. The standard InChI is InChI=1S/C16H25NO2/c1-6-16(7-1)14(13-5-11-19-15(13)16)17-8-2-12-3-9-18-10-4-12/h3,13-15,17H,1-2,4-11H2/t13-,14-,15+/m1/s1. The second-order valence-corrected chi connectivity index (χ2v) is 6.70. The predicted molar refractivity (Wildman–Crippen MR) is 74.1 cm³/mol. The normalized spacial score (nSPS) is 39.4. The molecule has 3 fully saturated rings. The average molecular weight is 263 g/mol. The molecule has 4 rings (SSSR count). The molecule has 0 radical (unpaired) electrons. The maximum absolute atomic E-state index is 5.97. The maximum atomic E-state index is 5.97. The zero-order chi connectivity index (χ0) is 12.7. The van der Waals surface area contributed by atoms with E-state index in [9.17, 15) is 0 Å². The third-order valence-electron chi connectivity index (χ3n) is 5.90. The predicted octanol–water partition coefficient (Wildman–Crippen LogP) is 2.27. The van der Waals surface area contributed by atoms with E-state index in [-0.39, 0.29) is 0 Å². The lowest BCUT2D eigenvalue weighted by Crippen LogP contribution is -2.71. The van der Waals surface area contributed by atoms with E-state index in [0.29, 0.717) is 11.5 Å². The van der Waals surface area contributed by atoms with Crippen LogP contribution in [0.1, 0.15) is 38.5 Å². The third kappa shape index (κ3) is 1.90. The van der Waals surface area contributed by atoms with Crippen molar-refractivity contribution in [3.8, 4) is 0 Å². The smallest absolute Gasteiger partial charge is 0.0690 e. The summed E-state index contributed by atoms with van der Waals surface area (Å²) in [5.41, 5.74) is 2.12. The highest BCUT2D eigenvalue weighted by Gasteiger charge is 2.66. The lowest BCUT2D eigenvalue weighted by Gasteiger charge is -2.63. The van der Waals surface area contributed by atoms with Crippen molar-refractivity contribution in [1.82, 2.24) is 5.32 Å². The molecule has 4 aliphatic rings. The van der Waals surface area contributed by atoms with Gasteiger partial charge in [-0.3, -0.25) is 0 Å². The molecule has 0 aromatic heterocycles. The van der Waals surface area contributed by atoms with Gasteiger partial charge in [0.2, 0.25) is 0 Å². The van der Waals surface area contributed by atoms with E-state index >= 15 is 0 Å². The molecule has 19 heavy (non-hydrogen) atoms. The van der Waals surface area contributed by atoms with E-state index in [1.54, 1.807) is 5.57 Å². The monoisotopic (exact) mass is 263 g/mol. The van der Waals surface area contributed by atoms with Crippen LogP contribution in [0.2, 0.25) is 0 Å². The Labute approximate surface area is 115 Å². The molecule has 1 spiro atoms. The Bertz CT molecular complexity index is 375. The van der Waals surface area contributed by atoms with Gasteiger partial charge in [0.1, 0.15) is 0 Å². The van der Waals surface area contributed by atoms with Gasteiger partial charge in [0, 0.05) is 24.0 Å². The van der Waals surface area contributed by atoms with Gasteiger partial charge in [-0.1, -0.05) is 18.1 Å². The first kappa shape index (κ1) is 12.4. The Hall–Kier alpha value is -0.380. The average Bonchev–Trinajstić information content (AvgIpc) is 2.79. The number of hydrogen-bond acceptors (Lipinski definition) is 3. The molecule has 3 nitrogen and oxygen atoms in total. The lowest BCUT2D eigenvalue weighted by atomic mass is 9.46. The van der Waals surface area contributed by atoms with Crippen LogP contribution in [0.25, 0.3) is 0 Å². The Morgan fingerprint density at radius 1 is 1.32 bits per heavy atom. The van der Waals surface area contributed by atoms with E-state index < -0.39 is 0 Å². The molecule has 0 aromatic rings. The van der Waals surface area contributed by atoms with Crippen LogP contribution >= 0.6 is 0 Å². The fraction of sp³-hybridized carbons (Fsp3) is 0.875. The first-order valence-corrected chi connectivity index (χ1v) is 8.01. The van der Waals surface area contributed by atoms with E-state index in [1.807, 2.05) is 0 Å². The molecule has 2 aliphatic carbocycles. The quantitative estimate of drug-likeness (QED) is 0.789. The van der Waals surface area contributed by atoms with Crippen LogP contribution in [0.5, 0.6) is 0 Å². The van der Waals surface area contributed by atoms with Crippen molar-refractivity contribution in [2.24, 2.45) is 11.3 Å². The Kier molecular flexibility index (Phi) is 3.17. The summed E-state index contributed by atoms with van der Waals surface area (Å²) in [6, 6.07) is 0.745. The molecule has 2 aliphatic heterocycles. The lowest BCUT2D eigenvalue weighted by molar-refractivity contribution is -0.175. The first-order valence-electron chi connectivity index (χ1n) is 8.01. The van der Waals surface area contributed by atoms with Gasteiger partial charge in [0.05, 0.1) is 19.3 Å². The van der Waals surface area contributed by atoms with Gasteiger partial charge in [-0.25, -0.2) is 0 Å². The fourth-order valence-electron chi connectivity index (χ4n) is 4.74. The summed E-state index contributed by atoms with van der Waals surface area (Å²) < 4.78 is 11.3. The van der Waals surface area contributed by atoms with Crippen molar-refractivity contribution >= 4 is 0 Å². The summed E-state index contributed by atoms with van der Waals surface area (Å²) in [7, 11) is 0. The van der Waals surface area contributed by atoms with Crippen molar-refractivity contribution in [3.63, 3.8) is 0 Å². The number of ether oxygens (including phenoxy) is 2. The van der Waals surface area contributed by atoms with Gasteiger partial charge >= 0.3 is 0 Å². The van der Waals surface area contributed by atoms with Gasteiger partial charge in [0.15, 0.2) is 0 Å². The summed E-state index contributed by atoms with van der Waals surface area (Å²) in [5.74, 6) is 0.809. The Morgan fingerprint density at radius 2 is 2.26 bits per heavy atom. The number of hydrogen-bond donors (Lipinski definition) is 1. The zero-order valence-corrected chi connectivity index (χ0v) is 11.7. The molecule has 1 N–H and O–H groups in total. The molecule has 0 aromatic carbocycles. The van der Waals surface area contributed by atoms with Gasteiger partial charge in [0.25, 0.3) is 0 Å². The highest BCUT2D eigenvalue weighted by molar-refractivity contribution is 5.18. The molecule has 0 bridgehead atoms. The molecule has 0 amide bonds. The topological polar surface area (TPSA) is 30.5 Å². The molecule has 106 valence electrons. The number of rotatable bonds is 4. The molecule has 0 unspecified atom stereocenters. The summed E-state index contributed by atoms with van der Waals surface area (Å²) >= 11 is 0. The van der Waals surface area contributed by atoms with Gasteiger partial charge in [-0.2, -0.15) is 0 Å². The largest absolute Gasteiger partial charge is 0.377 e. The van der Waals surface area contributed by atoms with E-state index in [1.165, 1.54) is 32.1 Å². The molecule has 1 saturated heterocycles. The number of fused-ring (bicyclic) bond motifs is 2. The van der Waals surface area contributed by atoms with Gasteiger partial charge < -0.3 is 14.8 Å². The SMILES string of the molecule is C1=C(CCN[C@@H]2[C@H]3CCO[C@@H]3C23CCC3)CCOC1. The van der Waals surface area contributed by atoms with Crippen LogP contribution < -0.4 is 5.32 Å². The van der Waals surface area contributed by atoms with Crippen LogP contribution in [0.15, 0.2) is 11.6 Å². The summed E-state index contributed by atoms with van der Waals surface area (Å²) in [6.45, 7) is 3.87. The fourth-order valence-corrected chi connectivity index (χ4v) is 4.74. The molecule has 2 saturated carbocycles. The zero-order valence-electron chi connectivity index (χ0n) is 11.7. The van der Waals surface area contributed by atoms with Crippen LogP contribution in [0.3, 0.4) is 0 Å². The van der Waals surface area contributed by atoms with Gasteiger partial charge in [-0.05, 0) is 38.6 Å². The van der Waals surface area contributed by atoms with E-state index in [0.717, 1.165) is 44.7 Å². The van der Waals surface area contributed by atoms with E-state index in [4.69, 9.17) is 9.47 Å². The minimum atomic E-state index is 0.533. The molecule has 2 heterocycles. The third-order valence-corrected chi connectivity index (χ3v) is 5.90. The second kappa shape index (κ2) is 4.87. The minimum absolute atomic E-state index is 0.533. The molecule has 3 atom stereocenters. The van der Waals surface area contributed by atoms with Crippen molar-refractivity contribution in [1.29, 1.82) is 0 Å². The highest BCUT2D eigenvalue weighted by Crippen LogP contribution is 2.62.